The maximum atomic E-state index is 12.0. The van der Waals surface area contributed by atoms with E-state index in [1.165, 1.54) is 6.08 Å². The molecule has 22 heavy (non-hydrogen) atoms. The summed E-state index contributed by atoms with van der Waals surface area (Å²) in [6, 6.07) is 7.25. The minimum Gasteiger partial charge on any atom is -0.497 e. The van der Waals surface area contributed by atoms with Crippen LogP contribution in [0.25, 0.3) is 6.08 Å². The Labute approximate surface area is 129 Å². The number of carbonyl (C=O) groups is 1. The van der Waals surface area contributed by atoms with Crippen molar-refractivity contribution in [2.24, 2.45) is 0 Å². The van der Waals surface area contributed by atoms with Crippen molar-refractivity contribution in [2.45, 2.75) is 6.92 Å². The van der Waals surface area contributed by atoms with E-state index in [1.807, 2.05) is 25.1 Å². The van der Waals surface area contributed by atoms with Gasteiger partial charge in [0.2, 0.25) is 5.91 Å². The van der Waals surface area contributed by atoms with E-state index < -0.39 is 0 Å². The van der Waals surface area contributed by atoms with E-state index in [0.717, 1.165) is 11.1 Å². The van der Waals surface area contributed by atoms with Crippen molar-refractivity contribution in [2.75, 3.05) is 19.5 Å². The lowest BCUT2D eigenvalue weighted by Crippen LogP contribution is -2.09. The fourth-order valence-corrected chi connectivity index (χ4v) is 1.89. The Kier molecular flexibility index (Phi) is 5.14. The van der Waals surface area contributed by atoms with Crippen LogP contribution in [0.4, 0.5) is 5.69 Å². The van der Waals surface area contributed by atoms with E-state index >= 15 is 0 Å². The summed E-state index contributed by atoms with van der Waals surface area (Å²) >= 11 is 0. The van der Waals surface area contributed by atoms with Crippen LogP contribution in [0.1, 0.15) is 11.1 Å². The Morgan fingerprint density at radius 3 is 2.73 bits per heavy atom. The highest BCUT2D eigenvalue weighted by Crippen LogP contribution is 2.25. The molecule has 114 valence electrons. The van der Waals surface area contributed by atoms with Crippen LogP contribution in [-0.2, 0) is 4.79 Å². The van der Waals surface area contributed by atoms with Gasteiger partial charge in [-0.1, -0.05) is 0 Å². The molecule has 0 saturated carbocycles. The molecule has 1 aromatic heterocycles. The van der Waals surface area contributed by atoms with Crippen molar-refractivity contribution < 1.29 is 14.3 Å². The van der Waals surface area contributed by atoms with E-state index in [0.29, 0.717) is 17.2 Å². The van der Waals surface area contributed by atoms with Gasteiger partial charge in [0.1, 0.15) is 11.5 Å². The van der Waals surface area contributed by atoms with Gasteiger partial charge in [0.15, 0.2) is 0 Å². The van der Waals surface area contributed by atoms with Crippen molar-refractivity contribution in [3.8, 4) is 11.5 Å². The van der Waals surface area contributed by atoms with E-state index in [-0.39, 0.29) is 5.91 Å². The number of aromatic nitrogens is 1. The third-order valence-corrected chi connectivity index (χ3v) is 3.15. The van der Waals surface area contributed by atoms with Gasteiger partial charge in [-0.25, -0.2) is 0 Å². The zero-order chi connectivity index (χ0) is 15.9. The SMILES string of the molecule is COc1ccc(/C=C/C(=O)Nc2cnccc2C)c(OC)c1. The fourth-order valence-electron chi connectivity index (χ4n) is 1.89. The molecule has 0 radical (unpaired) electrons. The first-order valence-electron chi connectivity index (χ1n) is 6.75. The summed E-state index contributed by atoms with van der Waals surface area (Å²) < 4.78 is 10.4. The highest BCUT2D eigenvalue weighted by molar-refractivity contribution is 6.02. The van der Waals surface area contributed by atoms with Gasteiger partial charge in [-0.05, 0) is 36.8 Å². The lowest BCUT2D eigenvalue weighted by molar-refractivity contribution is -0.111. The van der Waals surface area contributed by atoms with Crippen molar-refractivity contribution in [1.29, 1.82) is 0 Å². The number of pyridine rings is 1. The minimum absolute atomic E-state index is 0.228. The molecular weight excluding hydrogens is 280 g/mol. The normalized spacial score (nSPS) is 10.5. The van der Waals surface area contributed by atoms with E-state index in [4.69, 9.17) is 9.47 Å². The lowest BCUT2D eigenvalue weighted by atomic mass is 10.1. The number of rotatable bonds is 5. The number of ether oxygens (including phenoxy) is 2. The molecule has 0 spiro atoms. The van der Waals surface area contributed by atoms with Crippen molar-refractivity contribution in [3.63, 3.8) is 0 Å². The lowest BCUT2D eigenvalue weighted by Gasteiger charge is -2.07. The number of nitrogens with one attached hydrogen (secondary N) is 1. The number of anilines is 1. The average molecular weight is 298 g/mol. The second-order valence-electron chi connectivity index (χ2n) is 4.62. The smallest absolute Gasteiger partial charge is 0.248 e. The maximum absolute atomic E-state index is 12.0. The Bertz CT molecular complexity index is 696. The van der Waals surface area contributed by atoms with Crippen LogP contribution < -0.4 is 14.8 Å². The van der Waals surface area contributed by atoms with Crippen LogP contribution in [0, 0.1) is 6.92 Å². The quantitative estimate of drug-likeness (QED) is 0.862. The molecule has 0 atom stereocenters. The largest absolute Gasteiger partial charge is 0.497 e. The summed E-state index contributed by atoms with van der Waals surface area (Å²) in [6.45, 7) is 1.91. The second kappa shape index (κ2) is 7.26. The first kappa shape index (κ1) is 15.6. The fraction of sp³-hybridized carbons (Fsp3) is 0.176. The molecule has 0 aliphatic heterocycles. The summed E-state index contributed by atoms with van der Waals surface area (Å²) in [7, 11) is 3.17. The Hall–Kier alpha value is -2.82. The molecule has 2 rings (SSSR count). The van der Waals surface area contributed by atoms with Crippen molar-refractivity contribution in [3.05, 3.63) is 53.9 Å². The number of carbonyl (C=O) groups excluding carboxylic acids is 1. The molecule has 1 amide bonds. The first-order chi connectivity index (χ1) is 10.6. The average Bonchev–Trinajstić information content (AvgIpc) is 2.55. The summed E-state index contributed by atoms with van der Waals surface area (Å²) in [4.78, 5) is 16.0. The van der Waals surface area contributed by atoms with Crippen LogP contribution >= 0.6 is 0 Å². The summed E-state index contributed by atoms with van der Waals surface area (Å²) in [6.07, 6.45) is 6.45. The Balaban J connectivity index is 2.11. The van der Waals surface area contributed by atoms with Crippen LogP contribution in [0.3, 0.4) is 0 Å². The van der Waals surface area contributed by atoms with E-state index in [9.17, 15) is 4.79 Å². The second-order valence-corrected chi connectivity index (χ2v) is 4.62. The van der Waals surface area contributed by atoms with Crippen LogP contribution in [0.2, 0.25) is 0 Å². The summed E-state index contributed by atoms with van der Waals surface area (Å²) in [5.74, 6) is 1.11. The molecule has 2 aromatic rings. The molecule has 0 unspecified atom stereocenters. The van der Waals surface area contributed by atoms with Gasteiger partial charge in [-0.15, -0.1) is 0 Å². The molecular formula is C17H18N2O3. The van der Waals surface area contributed by atoms with Gasteiger partial charge in [0.05, 0.1) is 26.1 Å². The third-order valence-electron chi connectivity index (χ3n) is 3.15. The molecule has 5 nitrogen and oxygen atoms in total. The first-order valence-corrected chi connectivity index (χ1v) is 6.75. The van der Waals surface area contributed by atoms with Gasteiger partial charge in [-0.2, -0.15) is 0 Å². The molecule has 5 heteroatoms. The molecule has 1 heterocycles. The monoisotopic (exact) mass is 298 g/mol. The molecule has 0 aliphatic carbocycles. The molecule has 1 N–H and O–H groups in total. The number of nitrogens with zero attached hydrogens (tertiary/aromatic N) is 1. The predicted octanol–water partition coefficient (Wildman–Crippen LogP) is 3.06. The zero-order valence-electron chi connectivity index (χ0n) is 12.8. The number of methoxy groups -OCH3 is 2. The van der Waals surface area contributed by atoms with Crippen LogP contribution in [0.15, 0.2) is 42.7 Å². The topological polar surface area (TPSA) is 60.5 Å². The van der Waals surface area contributed by atoms with Gasteiger partial charge < -0.3 is 14.8 Å². The van der Waals surface area contributed by atoms with Crippen LogP contribution in [0.5, 0.6) is 11.5 Å². The Morgan fingerprint density at radius 1 is 1.23 bits per heavy atom. The molecule has 0 bridgehead atoms. The number of amides is 1. The summed E-state index contributed by atoms with van der Waals surface area (Å²) in [5.41, 5.74) is 2.44. The van der Waals surface area contributed by atoms with Crippen molar-refractivity contribution in [1.82, 2.24) is 4.98 Å². The highest BCUT2D eigenvalue weighted by atomic mass is 16.5. The molecule has 0 fully saturated rings. The van der Waals surface area contributed by atoms with Crippen LogP contribution in [-0.4, -0.2) is 25.1 Å². The molecule has 1 aromatic carbocycles. The van der Waals surface area contributed by atoms with Gasteiger partial charge in [0, 0.05) is 23.9 Å². The number of aryl methyl sites for hydroxylation is 1. The van der Waals surface area contributed by atoms with Crippen molar-refractivity contribution >= 4 is 17.7 Å². The number of hydrogen-bond donors (Lipinski definition) is 1. The number of benzene rings is 1. The predicted molar refractivity (Wildman–Crippen MR) is 86.2 cm³/mol. The van der Waals surface area contributed by atoms with E-state index in [2.05, 4.69) is 10.3 Å². The van der Waals surface area contributed by atoms with Gasteiger partial charge in [0.25, 0.3) is 0 Å². The number of hydrogen-bond acceptors (Lipinski definition) is 4. The van der Waals surface area contributed by atoms with E-state index in [1.54, 1.807) is 38.8 Å². The summed E-state index contributed by atoms with van der Waals surface area (Å²) in [5, 5.41) is 2.79. The molecule has 0 saturated heterocycles. The minimum atomic E-state index is -0.228. The molecule has 0 aliphatic rings. The maximum Gasteiger partial charge on any atom is 0.248 e. The van der Waals surface area contributed by atoms with Gasteiger partial charge >= 0.3 is 0 Å². The third kappa shape index (κ3) is 3.85. The standard InChI is InChI=1S/C17H18N2O3/c1-12-8-9-18-11-15(12)19-17(20)7-5-13-4-6-14(21-2)10-16(13)22-3/h4-11H,1-3H3,(H,19,20)/b7-5+. The zero-order valence-corrected chi connectivity index (χ0v) is 12.8. The van der Waals surface area contributed by atoms with Gasteiger partial charge in [-0.3, -0.25) is 9.78 Å². The Morgan fingerprint density at radius 2 is 2.05 bits per heavy atom. The highest BCUT2D eigenvalue weighted by Gasteiger charge is 2.04.